The third kappa shape index (κ3) is 5.16. The van der Waals surface area contributed by atoms with Crippen molar-refractivity contribution < 1.29 is 39.2 Å². The highest BCUT2D eigenvalue weighted by molar-refractivity contribution is 5.76. The molecule has 30 heavy (non-hydrogen) atoms. The van der Waals surface area contributed by atoms with Crippen LogP contribution in [0.25, 0.3) is 0 Å². The van der Waals surface area contributed by atoms with E-state index in [9.17, 15) is 14.7 Å². The molecule has 0 aromatic heterocycles. The smallest absolute Gasteiger partial charge is 0.311 e. The molecule has 3 rings (SSSR count). The van der Waals surface area contributed by atoms with Crippen molar-refractivity contribution in [1.29, 1.82) is 0 Å². The standard InChI is InChI=1S/C25H38O5/c1-6-25(4,5)24(28)30-21-12-15(2)11-17-8-7-16(3)20(23(17)21)10-9-19-13-18(26)14-22(27)29-19/h7-8,11,15-16,18-21,23,26H,6,9-10,12-14H2,1-5H3/t15-,16-,18+,19+,20-,21-,23?/m1/s1/i1D3,4D3,5D3,6D2. The summed E-state index contributed by atoms with van der Waals surface area (Å²) in [5.74, 6) is -3.48. The molecule has 0 saturated carbocycles. The van der Waals surface area contributed by atoms with Crippen molar-refractivity contribution in [3.8, 4) is 0 Å². The third-order valence-electron chi connectivity index (χ3n) is 6.40. The molecule has 0 amide bonds. The highest BCUT2D eigenvalue weighted by atomic mass is 16.6. The number of cyclic esters (lactones) is 1. The highest BCUT2D eigenvalue weighted by Gasteiger charge is 2.43. The van der Waals surface area contributed by atoms with Crippen molar-refractivity contribution in [2.45, 2.75) is 91.2 Å². The van der Waals surface area contributed by atoms with Crippen LogP contribution in [-0.4, -0.2) is 35.4 Å². The van der Waals surface area contributed by atoms with Crippen molar-refractivity contribution in [3.63, 3.8) is 0 Å². The molecule has 1 unspecified atom stereocenters. The fourth-order valence-electron chi connectivity index (χ4n) is 4.91. The van der Waals surface area contributed by atoms with Crippen molar-refractivity contribution in [3.05, 3.63) is 23.8 Å². The Labute approximate surface area is 196 Å². The quantitative estimate of drug-likeness (QED) is 0.625. The first-order chi connectivity index (χ1) is 18.5. The number of hydrogen-bond donors (Lipinski definition) is 1. The molecule has 1 heterocycles. The Morgan fingerprint density at radius 3 is 2.87 bits per heavy atom. The van der Waals surface area contributed by atoms with Crippen LogP contribution in [0.5, 0.6) is 0 Å². The Morgan fingerprint density at radius 2 is 2.17 bits per heavy atom. The summed E-state index contributed by atoms with van der Waals surface area (Å²) in [6.07, 6.45) is 0.587. The summed E-state index contributed by atoms with van der Waals surface area (Å²) in [5.41, 5.74) is -3.22. The van der Waals surface area contributed by atoms with Gasteiger partial charge in [-0.1, -0.05) is 38.9 Å². The van der Waals surface area contributed by atoms with Gasteiger partial charge >= 0.3 is 11.9 Å². The number of allylic oxidation sites excluding steroid dienone is 3. The average molecular weight is 430 g/mol. The van der Waals surface area contributed by atoms with E-state index < -0.39 is 68.5 Å². The second-order valence-corrected chi connectivity index (χ2v) is 8.89. The lowest BCUT2D eigenvalue weighted by Crippen LogP contribution is -2.43. The third-order valence-corrected chi connectivity index (χ3v) is 6.40. The first-order valence-corrected chi connectivity index (χ1v) is 10.5. The van der Waals surface area contributed by atoms with E-state index in [-0.39, 0.29) is 37.0 Å². The van der Waals surface area contributed by atoms with Gasteiger partial charge < -0.3 is 14.6 Å². The SMILES string of the molecule is [2H]C([2H])([2H])C([2H])([2H])C(C(=O)O[C@@H]1C[C@H](C)C=C2C=C[C@@H](C)[C@@H](CC[C@H]3C[C@H](O)CC(=O)O3)C21)(C([2H])([2H])[2H])C([2H])([2H])[2H]. The maximum atomic E-state index is 13.8. The molecule has 1 aliphatic heterocycles. The summed E-state index contributed by atoms with van der Waals surface area (Å²) in [6, 6.07) is 0. The number of ether oxygens (including phenoxy) is 2. The number of hydrogen-bond acceptors (Lipinski definition) is 5. The van der Waals surface area contributed by atoms with Gasteiger partial charge in [0.1, 0.15) is 12.2 Å². The molecule has 1 saturated heterocycles. The van der Waals surface area contributed by atoms with E-state index in [1.165, 1.54) is 0 Å². The fourth-order valence-corrected chi connectivity index (χ4v) is 4.91. The highest BCUT2D eigenvalue weighted by Crippen LogP contribution is 2.45. The van der Waals surface area contributed by atoms with E-state index in [0.29, 0.717) is 12.8 Å². The van der Waals surface area contributed by atoms with Crippen molar-refractivity contribution in [2.75, 3.05) is 0 Å². The van der Waals surface area contributed by atoms with E-state index in [1.54, 1.807) is 0 Å². The minimum Gasteiger partial charge on any atom is -0.462 e. The molecule has 0 radical (unpaired) electrons. The van der Waals surface area contributed by atoms with Crippen LogP contribution in [0, 0.1) is 29.1 Å². The van der Waals surface area contributed by atoms with Crippen LogP contribution in [0.2, 0.25) is 0 Å². The first kappa shape index (κ1) is 12.4. The lowest BCUT2D eigenvalue weighted by Gasteiger charge is -2.44. The molecule has 7 atom stereocenters. The molecule has 2 aliphatic carbocycles. The summed E-state index contributed by atoms with van der Waals surface area (Å²) in [7, 11) is 0. The van der Waals surface area contributed by atoms with Gasteiger partial charge in [-0.05, 0) is 62.7 Å². The Kier molecular flexibility index (Phi) is 3.83. The van der Waals surface area contributed by atoms with Crippen molar-refractivity contribution >= 4 is 11.9 Å². The Hall–Kier alpha value is -1.62. The monoisotopic (exact) mass is 429 g/mol. The van der Waals surface area contributed by atoms with Gasteiger partial charge in [-0.2, -0.15) is 0 Å². The van der Waals surface area contributed by atoms with Crippen molar-refractivity contribution in [2.24, 2.45) is 29.1 Å². The molecular weight excluding hydrogens is 380 g/mol. The molecule has 0 bridgehead atoms. The van der Waals surface area contributed by atoms with Gasteiger partial charge in [0.05, 0.1) is 17.9 Å². The summed E-state index contributed by atoms with van der Waals surface area (Å²) in [4.78, 5) is 25.6. The lowest BCUT2D eigenvalue weighted by atomic mass is 9.65. The molecule has 5 nitrogen and oxygen atoms in total. The second-order valence-electron chi connectivity index (χ2n) is 8.89. The van der Waals surface area contributed by atoms with Crippen LogP contribution in [0.1, 0.15) is 88.0 Å². The number of carbonyl (C=O) groups excluding carboxylic acids is 2. The van der Waals surface area contributed by atoms with Crippen LogP contribution in [0.4, 0.5) is 0 Å². The van der Waals surface area contributed by atoms with Crippen LogP contribution in [0.3, 0.4) is 0 Å². The van der Waals surface area contributed by atoms with E-state index in [1.807, 2.05) is 32.1 Å². The molecule has 0 aromatic rings. The zero-order chi connectivity index (χ0) is 31.3. The molecular formula is C25H38O5. The molecule has 5 heteroatoms. The topological polar surface area (TPSA) is 72.8 Å². The summed E-state index contributed by atoms with van der Waals surface area (Å²) < 4.78 is 98.4. The lowest BCUT2D eigenvalue weighted by molar-refractivity contribution is -0.166. The molecule has 0 spiro atoms. The van der Waals surface area contributed by atoms with Gasteiger partial charge in [0, 0.05) is 27.4 Å². The zero-order valence-electron chi connectivity index (χ0n) is 28.4. The zero-order valence-corrected chi connectivity index (χ0v) is 17.4. The Balaban J connectivity index is 2.01. The Bertz CT molecular complexity index is 1050. The molecule has 1 N–H and O–H groups in total. The molecule has 1 fully saturated rings. The maximum absolute atomic E-state index is 13.8. The van der Waals surface area contributed by atoms with E-state index in [2.05, 4.69) is 0 Å². The van der Waals surface area contributed by atoms with Crippen LogP contribution >= 0.6 is 0 Å². The summed E-state index contributed by atoms with van der Waals surface area (Å²) in [5, 5.41) is 9.99. The van der Waals surface area contributed by atoms with Gasteiger partial charge in [0.15, 0.2) is 0 Å². The molecule has 3 aliphatic rings. The van der Waals surface area contributed by atoms with Gasteiger partial charge in [-0.3, -0.25) is 9.59 Å². The van der Waals surface area contributed by atoms with Gasteiger partial charge in [-0.15, -0.1) is 0 Å². The van der Waals surface area contributed by atoms with Crippen LogP contribution in [0.15, 0.2) is 23.8 Å². The van der Waals surface area contributed by atoms with Crippen LogP contribution < -0.4 is 0 Å². The first-order valence-electron chi connectivity index (χ1n) is 16.0. The number of esters is 2. The van der Waals surface area contributed by atoms with Gasteiger partial charge in [0.2, 0.25) is 0 Å². The normalized spacial score (nSPS) is 43.7. The number of carbonyl (C=O) groups is 2. The minimum atomic E-state index is -4.00. The number of aliphatic hydroxyl groups excluding tert-OH is 1. The second kappa shape index (κ2) is 9.25. The summed E-state index contributed by atoms with van der Waals surface area (Å²) >= 11 is 0. The van der Waals surface area contributed by atoms with Gasteiger partial charge in [0.25, 0.3) is 0 Å². The average Bonchev–Trinajstić information content (AvgIpc) is 2.75. The predicted molar refractivity (Wildman–Crippen MR) is 115 cm³/mol. The van der Waals surface area contributed by atoms with Crippen LogP contribution in [-0.2, 0) is 19.1 Å². The number of aliphatic hydroxyl groups is 1. The molecule has 168 valence electrons. The minimum absolute atomic E-state index is 0.0804. The number of fused-ring (bicyclic) bond motifs is 1. The summed E-state index contributed by atoms with van der Waals surface area (Å²) in [6.45, 7) is -7.84. The van der Waals surface area contributed by atoms with E-state index >= 15 is 0 Å². The van der Waals surface area contributed by atoms with E-state index in [0.717, 1.165) is 5.57 Å². The van der Waals surface area contributed by atoms with Crippen molar-refractivity contribution in [1.82, 2.24) is 0 Å². The predicted octanol–water partition coefficient (Wildman–Crippen LogP) is 4.59. The fraction of sp³-hybridized carbons (Fsp3) is 0.760. The maximum Gasteiger partial charge on any atom is 0.311 e. The largest absolute Gasteiger partial charge is 0.462 e. The number of rotatable bonds is 6. The van der Waals surface area contributed by atoms with E-state index in [4.69, 9.17) is 24.6 Å². The Morgan fingerprint density at radius 1 is 1.37 bits per heavy atom. The molecule has 0 aromatic carbocycles. The van der Waals surface area contributed by atoms with Gasteiger partial charge in [-0.25, -0.2) is 0 Å².